The van der Waals surface area contributed by atoms with E-state index in [9.17, 15) is 4.79 Å². The standard InChI is InChI=1S/C13H18N6O/c1-18(2)11(20)8-19(3)12-9-6-4-5-7-10(9)15-13(16-12)17-14/h4-7H,8,14H2,1-3H3,(H,15,16,17). The van der Waals surface area contributed by atoms with Gasteiger partial charge in [-0.3, -0.25) is 10.2 Å². The van der Waals surface area contributed by atoms with E-state index in [-0.39, 0.29) is 12.5 Å². The molecular weight excluding hydrogens is 256 g/mol. The van der Waals surface area contributed by atoms with Crippen LogP contribution in [0, 0.1) is 0 Å². The number of fused-ring (bicyclic) bond motifs is 1. The molecule has 0 aliphatic heterocycles. The van der Waals surface area contributed by atoms with Crippen LogP contribution < -0.4 is 16.2 Å². The van der Waals surface area contributed by atoms with Gasteiger partial charge in [-0.15, -0.1) is 0 Å². The van der Waals surface area contributed by atoms with Crippen molar-refractivity contribution in [3.05, 3.63) is 24.3 Å². The minimum atomic E-state index is -0.00236. The number of benzene rings is 1. The van der Waals surface area contributed by atoms with Crippen molar-refractivity contribution in [1.29, 1.82) is 0 Å². The zero-order valence-corrected chi connectivity index (χ0v) is 11.8. The van der Waals surface area contributed by atoms with Crippen LogP contribution in [0.1, 0.15) is 0 Å². The molecule has 0 atom stereocenters. The van der Waals surface area contributed by atoms with E-state index < -0.39 is 0 Å². The summed E-state index contributed by atoms with van der Waals surface area (Å²) in [7, 11) is 5.26. The van der Waals surface area contributed by atoms with Crippen LogP contribution in [-0.2, 0) is 4.79 Å². The fourth-order valence-electron chi connectivity index (χ4n) is 1.83. The molecule has 0 spiro atoms. The lowest BCUT2D eigenvalue weighted by molar-refractivity contribution is -0.127. The molecule has 0 aliphatic carbocycles. The van der Waals surface area contributed by atoms with Crippen molar-refractivity contribution < 1.29 is 4.79 Å². The van der Waals surface area contributed by atoms with Gasteiger partial charge in [-0.1, -0.05) is 12.1 Å². The van der Waals surface area contributed by atoms with Crippen molar-refractivity contribution in [1.82, 2.24) is 14.9 Å². The molecule has 7 heteroatoms. The van der Waals surface area contributed by atoms with E-state index in [4.69, 9.17) is 5.84 Å². The predicted molar refractivity (Wildman–Crippen MR) is 79.3 cm³/mol. The molecule has 0 bridgehead atoms. The predicted octanol–water partition coefficient (Wildman–Crippen LogP) is 0.440. The van der Waals surface area contributed by atoms with Crippen LogP contribution in [0.4, 0.5) is 11.8 Å². The highest BCUT2D eigenvalue weighted by Gasteiger charge is 2.14. The van der Waals surface area contributed by atoms with E-state index in [0.717, 1.165) is 10.9 Å². The van der Waals surface area contributed by atoms with Crippen LogP contribution in [0.25, 0.3) is 10.9 Å². The van der Waals surface area contributed by atoms with Gasteiger partial charge in [0.15, 0.2) is 0 Å². The minimum Gasteiger partial charge on any atom is -0.350 e. The number of nitrogen functional groups attached to an aromatic ring is 1. The molecular formula is C13H18N6O. The third kappa shape index (κ3) is 2.77. The highest BCUT2D eigenvalue weighted by Crippen LogP contribution is 2.24. The van der Waals surface area contributed by atoms with Gasteiger partial charge in [0.1, 0.15) is 5.82 Å². The Morgan fingerprint density at radius 1 is 1.25 bits per heavy atom. The number of nitrogens with one attached hydrogen (secondary N) is 1. The third-order valence-corrected chi connectivity index (χ3v) is 2.95. The lowest BCUT2D eigenvalue weighted by Crippen LogP contribution is -2.35. The highest BCUT2D eigenvalue weighted by molar-refractivity contribution is 5.92. The fraction of sp³-hybridized carbons (Fsp3) is 0.308. The summed E-state index contributed by atoms with van der Waals surface area (Å²) < 4.78 is 0. The number of nitrogens with two attached hydrogens (primary N) is 1. The number of amides is 1. The lowest BCUT2D eigenvalue weighted by atomic mass is 10.2. The largest absolute Gasteiger partial charge is 0.350 e. The molecule has 0 aliphatic rings. The first-order valence-electron chi connectivity index (χ1n) is 6.17. The van der Waals surface area contributed by atoms with E-state index in [0.29, 0.717) is 11.8 Å². The molecule has 2 rings (SSSR count). The van der Waals surface area contributed by atoms with Crippen molar-refractivity contribution in [2.24, 2.45) is 5.84 Å². The maximum atomic E-state index is 11.8. The number of hydrazine groups is 1. The Kier molecular flexibility index (Phi) is 3.99. The number of anilines is 2. The molecule has 1 amide bonds. The number of rotatable bonds is 4. The molecule has 0 saturated heterocycles. The number of para-hydroxylation sites is 1. The van der Waals surface area contributed by atoms with Crippen LogP contribution in [0.2, 0.25) is 0 Å². The van der Waals surface area contributed by atoms with Gasteiger partial charge in [-0.2, -0.15) is 4.98 Å². The summed E-state index contributed by atoms with van der Waals surface area (Å²) >= 11 is 0. The minimum absolute atomic E-state index is 0.00236. The first kappa shape index (κ1) is 14.0. The molecule has 2 aromatic rings. The van der Waals surface area contributed by atoms with E-state index in [1.54, 1.807) is 23.9 Å². The summed E-state index contributed by atoms with van der Waals surface area (Å²) in [6.07, 6.45) is 0. The Morgan fingerprint density at radius 3 is 2.60 bits per heavy atom. The molecule has 106 valence electrons. The van der Waals surface area contributed by atoms with Gasteiger partial charge < -0.3 is 9.80 Å². The molecule has 0 unspecified atom stereocenters. The van der Waals surface area contributed by atoms with Crippen LogP contribution in [0.15, 0.2) is 24.3 Å². The second kappa shape index (κ2) is 5.70. The normalized spacial score (nSPS) is 10.4. The fourth-order valence-corrected chi connectivity index (χ4v) is 1.83. The van der Waals surface area contributed by atoms with Crippen molar-refractivity contribution in [3.63, 3.8) is 0 Å². The topological polar surface area (TPSA) is 87.4 Å². The number of hydrogen-bond donors (Lipinski definition) is 2. The number of hydrogen-bond acceptors (Lipinski definition) is 6. The average molecular weight is 274 g/mol. The molecule has 0 radical (unpaired) electrons. The summed E-state index contributed by atoms with van der Waals surface area (Å²) in [6.45, 7) is 0.234. The summed E-state index contributed by atoms with van der Waals surface area (Å²) in [6, 6.07) is 7.60. The van der Waals surface area contributed by atoms with Gasteiger partial charge in [0.25, 0.3) is 0 Å². The summed E-state index contributed by atoms with van der Waals surface area (Å²) in [5.41, 5.74) is 3.22. The number of likely N-dealkylation sites (N-methyl/N-ethyl adjacent to an activating group) is 2. The summed E-state index contributed by atoms with van der Waals surface area (Å²) in [5.74, 6) is 6.38. The van der Waals surface area contributed by atoms with E-state index in [1.165, 1.54) is 0 Å². The van der Waals surface area contributed by atoms with Gasteiger partial charge in [0.05, 0.1) is 12.1 Å². The van der Waals surface area contributed by atoms with Crippen LogP contribution >= 0.6 is 0 Å². The number of aromatic nitrogens is 2. The van der Waals surface area contributed by atoms with E-state index >= 15 is 0 Å². The number of carbonyl (C=O) groups is 1. The van der Waals surface area contributed by atoms with Gasteiger partial charge in [-0.05, 0) is 12.1 Å². The maximum absolute atomic E-state index is 11.8. The zero-order valence-electron chi connectivity index (χ0n) is 11.8. The van der Waals surface area contributed by atoms with Crippen LogP contribution in [0.5, 0.6) is 0 Å². The molecule has 0 fully saturated rings. The van der Waals surface area contributed by atoms with Crippen molar-refractivity contribution >= 4 is 28.6 Å². The maximum Gasteiger partial charge on any atom is 0.241 e. The van der Waals surface area contributed by atoms with Crippen molar-refractivity contribution in [3.8, 4) is 0 Å². The molecule has 7 nitrogen and oxygen atoms in total. The highest BCUT2D eigenvalue weighted by atomic mass is 16.2. The number of carbonyl (C=O) groups excluding carboxylic acids is 1. The first-order valence-corrected chi connectivity index (χ1v) is 6.17. The molecule has 1 aromatic carbocycles. The van der Waals surface area contributed by atoms with Gasteiger partial charge >= 0.3 is 0 Å². The quantitative estimate of drug-likeness (QED) is 0.621. The second-order valence-electron chi connectivity index (χ2n) is 4.68. The molecule has 20 heavy (non-hydrogen) atoms. The van der Waals surface area contributed by atoms with Gasteiger partial charge in [0.2, 0.25) is 11.9 Å². The molecule has 0 saturated carbocycles. The number of nitrogens with zero attached hydrogens (tertiary/aromatic N) is 4. The monoisotopic (exact) mass is 274 g/mol. The van der Waals surface area contributed by atoms with E-state index in [2.05, 4.69) is 15.4 Å². The second-order valence-corrected chi connectivity index (χ2v) is 4.68. The Hall–Kier alpha value is -2.41. The Morgan fingerprint density at radius 2 is 1.95 bits per heavy atom. The first-order chi connectivity index (χ1) is 9.52. The average Bonchev–Trinajstić information content (AvgIpc) is 2.45. The Labute approximate surface area is 117 Å². The van der Waals surface area contributed by atoms with Crippen LogP contribution in [0.3, 0.4) is 0 Å². The molecule has 1 aromatic heterocycles. The smallest absolute Gasteiger partial charge is 0.241 e. The zero-order chi connectivity index (χ0) is 14.7. The van der Waals surface area contributed by atoms with E-state index in [1.807, 2.05) is 31.3 Å². The van der Waals surface area contributed by atoms with Gasteiger partial charge in [-0.25, -0.2) is 10.8 Å². The molecule has 3 N–H and O–H groups in total. The van der Waals surface area contributed by atoms with Crippen LogP contribution in [-0.4, -0.2) is 48.5 Å². The molecule has 1 heterocycles. The lowest BCUT2D eigenvalue weighted by Gasteiger charge is -2.21. The SMILES string of the molecule is CN(C)C(=O)CN(C)c1nc(NN)nc2ccccc12. The Balaban J connectivity index is 2.44. The van der Waals surface area contributed by atoms with Crippen molar-refractivity contribution in [2.75, 3.05) is 38.0 Å². The van der Waals surface area contributed by atoms with Crippen molar-refractivity contribution in [2.45, 2.75) is 0 Å². The summed E-state index contributed by atoms with van der Waals surface area (Å²) in [5, 5.41) is 0.876. The Bertz CT molecular complexity index is 627. The van der Waals surface area contributed by atoms with Gasteiger partial charge in [0, 0.05) is 26.5 Å². The summed E-state index contributed by atoms with van der Waals surface area (Å²) in [4.78, 5) is 23.8. The third-order valence-electron chi connectivity index (χ3n) is 2.95.